The molecule has 0 radical (unpaired) electrons. The van der Waals surface area contributed by atoms with Crippen LogP contribution in [0.5, 0.6) is 17.2 Å². The van der Waals surface area contributed by atoms with Crippen molar-refractivity contribution in [3.63, 3.8) is 0 Å². The number of aromatic hydroxyl groups is 1. The van der Waals surface area contributed by atoms with E-state index >= 15 is 0 Å². The Morgan fingerprint density at radius 3 is 2.57 bits per heavy atom. The maximum absolute atomic E-state index is 12.3. The molecule has 146 valence electrons. The number of phenolic OH excluding ortho intramolecular Hbond substituents is 1. The summed E-state index contributed by atoms with van der Waals surface area (Å²) < 4.78 is 11.5. The second-order valence-corrected chi connectivity index (χ2v) is 7.57. The number of rotatable bonds is 6. The van der Waals surface area contributed by atoms with E-state index < -0.39 is 0 Å². The summed E-state index contributed by atoms with van der Waals surface area (Å²) in [6.07, 6.45) is 1.73. The van der Waals surface area contributed by atoms with Gasteiger partial charge in [0.25, 0.3) is 5.91 Å². The largest absolute Gasteiger partial charge is 0.504 e. The molecule has 2 aromatic carbocycles. The zero-order chi connectivity index (χ0) is 20.1. The number of halogens is 1. The summed E-state index contributed by atoms with van der Waals surface area (Å²) in [6.45, 7) is 4.80. The summed E-state index contributed by atoms with van der Waals surface area (Å²) in [4.78, 5) is 17.3. The van der Waals surface area contributed by atoms with Crippen molar-refractivity contribution in [3.05, 3.63) is 51.3 Å². The number of nitrogens with zero attached hydrogens (tertiary/aromatic N) is 1. The van der Waals surface area contributed by atoms with Crippen molar-refractivity contribution < 1.29 is 19.4 Å². The predicted octanol–water partition coefficient (Wildman–Crippen LogP) is 4.84. The molecule has 0 atom stereocenters. The van der Waals surface area contributed by atoms with Gasteiger partial charge < -0.3 is 19.9 Å². The summed E-state index contributed by atoms with van der Waals surface area (Å²) in [5.74, 6) is 0.950. The van der Waals surface area contributed by atoms with Crippen LogP contribution in [0.2, 0.25) is 0 Å². The molecule has 1 amide bonds. The zero-order valence-corrected chi connectivity index (χ0v) is 17.8. The number of aliphatic imine (C=N–C) groups is 1. The fourth-order valence-electron chi connectivity index (χ4n) is 2.46. The third-order valence-corrected chi connectivity index (χ3v) is 5.29. The van der Waals surface area contributed by atoms with E-state index in [4.69, 9.17) is 9.47 Å². The molecular formula is C20H19BrN2O4S. The molecule has 2 aromatic rings. The van der Waals surface area contributed by atoms with E-state index in [0.29, 0.717) is 33.5 Å². The van der Waals surface area contributed by atoms with Gasteiger partial charge in [-0.1, -0.05) is 15.9 Å². The highest BCUT2D eigenvalue weighted by molar-refractivity contribution is 9.10. The van der Waals surface area contributed by atoms with Crippen LogP contribution in [0.25, 0.3) is 6.08 Å². The van der Waals surface area contributed by atoms with Crippen LogP contribution in [-0.4, -0.2) is 29.4 Å². The van der Waals surface area contributed by atoms with Gasteiger partial charge >= 0.3 is 0 Å². The molecule has 1 aliphatic heterocycles. The number of hydrogen-bond acceptors (Lipinski definition) is 6. The van der Waals surface area contributed by atoms with Crippen LogP contribution in [0.1, 0.15) is 19.4 Å². The van der Waals surface area contributed by atoms with Crippen LogP contribution < -0.4 is 14.8 Å². The Hall–Kier alpha value is -2.45. The van der Waals surface area contributed by atoms with Crippen LogP contribution in [0.4, 0.5) is 5.69 Å². The van der Waals surface area contributed by atoms with Crippen molar-refractivity contribution in [3.8, 4) is 17.2 Å². The normalized spacial score (nSPS) is 16.5. The monoisotopic (exact) mass is 462 g/mol. The van der Waals surface area contributed by atoms with Gasteiger partial charge in [-0.05, 0) is 73.6 Å². The van der Waals surface area contributed by atoms with Gasteiger partial charge in [0, 0.05) is 4.47 Å². The van der Waals surface area contributed by atoms with Gasteiger partial charge in [-0.3, -0.25) is 4.79 Å². The molecule has 0 saturated carbocycles. The first-order chi connectivity index (χ1) is 13.5. The lowest BCUT2D eigenvalue weighted by atomic mass is 10.2. The number of carbonyl (C=O) groups excluding carboxylic acids is 1. The number of ether oxygens (including phenoxy) is 2. The molecular weight excluding hydrogens is 444 g/mol. The zero-order valence-electron chi connectivity index (χ0n) is 15.4. The lowest BCUT2D eigenvalue weighted by Gasteiger charge is -2.08. The first-order valence-corrected chi connectivity index (χ1v) is 10.3. The van der Waals surface area contributed by atoms with Crippen LogP contribution in [0, 0.1) is 0 Å². The van der Waals surface area contributed by atoms with Gasteiger partial charge in [0.05, 0.1) is 23.8 Å². The fourth-order valence-corrected chi connectivity index (χ4v) is 3.74. The highest BCUT2D eigenvalue weighted by atomic mass is 79.9. The molecule has 1 saturated heterocycles. The molecule has 6 nitrogen and oxygen atoms in total. The Labute approximate surface area is 175 Å². The highest BCUT2D eigenvalue weighted by Gasteiger charge is 2.24. The van der Waals surface area contributed by atoms with E-state index in [1.807, 2.05) is 38.1 Å². The number of nitrogens with one attached hydrogen (secondary N) is 1. The van der Waals surface area contributed by atoms with Crippen LogP contribution >= 0.6 is 27.7 Å². The maximum atomic E-state index is 12.3. The molecule has 0 unspecified atom stereocenters. The first-order valence-electron chi connectivity index (χ1n) is 8.68. The average Bonchev–Trinajstić information content (AvgIpc) is 3.00. The SMILES string of the molecule is CCOc1ccc(N=C2NC(=O)/C(=C\c3cc(OCC)c(O)cc3Br)S2)cc1. The first kappa shape index (κ1) is 20.3. The van der Waals surface area contributed by atoms with Crippen LogP contribution in [0.15, 0.2) is 50.8 Å². The molecule has 0 aromatic heterocycles. The Morgan fingerprint density at radius 2 is 1.89 bits per heavy atom. The number of thioether (sulfide) groups is 1. The number of carbonyl (C=O) groups is 1. The smallest absolute Gasteiger partial charge is 0.264 e. The predicted molar refractivity (Wildman–Crippen MR) is 115 cm³/mol. The standard InChI is InChI=1S/C20H19BrN2O4S/c1-3-26-14-7-5-13(6-8-14)22-20-23-19(25)18(28-20)10-12-9-17(27-4-2)16(24)11-15(12)21/h5-11,24H,3-4H2,1-2H3,(H,22,23,25)/b18-10+. The van der Waals surface area contributed by atoms with Crippen molar-refractivity contribution in [1.82, 2.24) is 5.32 Å². The number of amides is 1. The van der Waals surface area contributed by atoms with Gasteiger partial charge in [0.2, 0.25) is 0 Å². The van der Waals surface area contributed by atoms with E-state index in [2.05, 4.69) is 26.2 Å². The topological polar surface area (TPSA) is 80.2 Å². The number of phenols is 1. The minimum absolute atomic E-state index is 0.0390. The van der Waals surface area contributed by atoms with Crippen molar-refractivity contribution in [2.75, 3.05) is 13.2 Å². The van der Waals surface area contributed by atoms with Gasteiger partial charge in [-0.2, -0.15) is 0 Å². The second kappa shape index (κ2) is 9.16. The molecule has 0 bridgehead atoms. The van der Waals surface area contributed by atoms with Crippen molar-refractivity contribution in [1.29, 1.82) is 0 Å². The van der Waals surface area contributed by atoms with E-state index in [1.165, 1.54) is 11.8 Å². The average molecular weight is 463 g/mol. The summed E-state index contributed by atoms with van der Waals surface area (Å²) in [5.41, 5.74) is 1.44. The Morgan fingerprint density at radius 1 is 1.18 bits per heavy atom. The summed E-state index contributed by atoms with van der Waals surface area (Å²) in [5, 5.41) is 13.2. The number of hydrogen-bond donors (Lipinski definition) is 2. The third kappa shape index (κ3) is 4.88. The number of amidine groups is 1. The third-order valence-electron chi connectivity index (χ3n) is 3.69. The van der Waals surface area contributed by atoms with Gasteiger partial charge in [0.1, 0.15) is 5.75 Å². The molecule has 3 rings (SSSR count). The number of benzene rings is 2. The molecule has 8 heteroatoms. The summed E-state index contributed by atoms with van der Waals surface area (Å²) in [6, 6.07) is 10.6. The Kier molecular flexibility index (Phi) is 6.64. The lowest BCUT2D eigenvalue weighted by molar-refractivity contribution is -0.115. The summed E-state index contributed by atoms with van der Waals surface area (Å²) in [7, 11) is 0. The molecule has 2 N–H and O–H groups in total. The lowest BCUT2D eigenvalue weighted by Crippen LogP contribution is -2.19. The minimum Gasteiger partial charge on any atom is -0.504 e. The molecule has 28 heavy (non-hydrogen) atoms. The Balaban J connectivity index is 1.81. The van der Waals surface area contributed by atoms with E-state index in [0.717, 1.165) is 17.0 Å². The van der Waals surface area contributed by atoms with Gasteiger partial charge in [-0.25, -0.2) is 4.99 Å². The van der Waals surface area contributed by atoms with E-state index in [1.54, 1.807) is 18.2 Å². The maximum Gasteiger partial charge on any atom is 0.264 e. The van der Waals surface area contributed by atoms with Crippen LogP contribution in [-0.2, 0) is 4.79 Å². The van der Waals surface area contributed by atoms with Crippen molar-refractivity contribution >= 4 is 50.5 Å². The molecule has 0 spiro atoms. The molecule has 1 heterocycles. The van der Waals surface area contributed by atoms with Crippen molar-refractivity contribution in [2.24, 2.45) is 4.99 Å². The summed E-state index contributed by atoms with van der Waals surface area (Å²) >= 11 is 4.65. The minimum atomic E-state index is -0.229. The molecule has 0 aliphatic carbocycles. The van der Waals surface area contributed by atoms with E-state index in [-0.39, 0.29) is 11.7 Å². The quantitative estimate of drug-likeness (QED) is 0.600. The molecule has 1 fully saturated rings. The van der Waals surface area contributed by atoms with Crippen molar-refractivity contribution in [2.45, 2.75) is 13.8 Å². The van der Waals surface area contributed by atoms with Gasteiger partial charge in [-0.15, -0.1) is 0 Å². The van der Waals surface area contributed by atoms with Gasteiger partial charge in [0.15, 0.2) is 16.7 Å². The van der Waals surface area contributed by atoms with Crippen LogP contribution in [0.3, 0.4) is 0 Å². The second-order valence-electron chi connectivity index (χ2n) is 5.68. The highest BCUT2D eigenvalue weighted by Crippen LogP contribution is 2.36. The fraction of sp³-hybridized carbons (Fsp3) is 0.200. The van der Waals surface area contributed by atoms with E-state index in [9.17, 15) is 9.90 Å². The molecule has 1 aliphatic rings. The Bertz CT molecular complexity index is 942.